The topological polar surface area (TPSA) is 156 Å². The molecule has 10 heteroatoms. The van der Waals surface area contributed by atoms with Crippen LogP contribution in [0, 0.1) is 0 Å². The number of carboxylic acid groups (broad SMARTS) is 1. The van der Waals surface area contributed by atoms with Gasteiger partial charge in [0.2, 0.25) is 5.76 Å². The second-order valence-corrected chi connectivity index (χ2v) is 4.23. The molecule has 1 aromatic rings. The number of esters is 1. The molecule has 1 radical (unpaired) electrons. The van der Waals surface area contributed by atoms with Crippen LogP contribution in [-0.2, 0) is 31.4 Å². The van der Waals surface area contributed by atoms with Crippen LogP contribution in [-0.4, -0.2) is 54.5 Å². The van der Waals surface area contributed by atoms with Crippen LogP contribution >= 0.6 is 0 Å². The number of cyclic esters (lactones) is 1. The third-order valence-electron chi connectivity index (χ3n) is 2.65. The largest absolute Gasteiger partial charge is 0.586 e. The predicted molar refractivity (Wildman–Crippen MR) is 74.7 cm³/mol. The Balaban J connectivity index is 0.000000409. The first-order valence-corrected chi connectivity index (χ1v) is 6.30. The maximum Gasteiger partial charge on any atom is 0.432 e. The van der Waals surface area contributed by atoms with E-state index in [0.29, 0.717) is 12.1 Å². The van der Waals surface area contributed by atoms with Crippen LogP contribution in [0.2, 0.25) is 0 Å². The molecule has 127 valence electrons. The smallest absolute Gasteiger partial charge is 0.432 e. The van der Waals surface area contributed by atoms with E-state index >= 15 is 0 Å². The molecule has 2 unspecified atom stereocenters. The van der Waals surface area contributed by atoms with Crippen LogP contribution in [0.3, 0.4) is 0 Å². The van der Waals surface area contributed by atoms with E-state index in [1.807, 2.05) is 0 Å². The van der Waals surface area contributed by atoms with E-state index in [-0.39, 0.29) is 17.1 Å². The minimum atomic E-state index is -1.05. The molecule has 0 spiro atoms. The van der Waals surface area contributed by atoms with Crippen molar-refractivity contribution >= 4 is 18.0 Å². The molecular weight excluding hydrogens is 351 g/mol. The summed E-state index contributed by atoms with van der Waals surface area (Å²) in [5.74, 6) is -2.89. The van der Waals surface area contributed by atoms with Gasteiger partial charge in [0.15, 0.2) is 6.10 Å². The molecule has 6 N–H and O–H groups in total. The Bertz CT molecular complexity index is 583. The van der Waals surface area contributed by atoms with Crippen molar-refractivity contribution in [1.82, 2.24) is 9.97 Å². The molecule has 0 aromatic carbocycles. The van der Waals surface area contributed by atoms with Crippen LogP contribution in [0.1, 0.15) is 19.0 Å². The molecular formula is C13H17MnN2O7+. The second kappa shape index (κ2) is 9.67. The average Bonchev–Trinajstić information content (AvgIpc) is 3.09. The number of H-pyrrole nitrogens is 1. The number of aromatic amines is 1. The van der Waals surface area contributed by atoms with Gasteiger partial charge in [-0.15, -0.1) is 0 Å². The zero-order chi connectivity index (χ0) is 16.7. The van der Waals surface area contributed by atoms with Crippen molar-refractivity contribution in [1.29, 1.82) is 0 Å². The number of aliphatic hydroxyl groups excluding tert-OH is 2. The van der Waals surface area contributed by atoms with E-state index in [2.05, 4.69) is 14.7 Å². The van der Waals surface area contributed by atoms with E-state index in [4.69, 9.17) is 15.3 Å². The molecule has 0 aliphatic carbocycles. The number of hydrogen-bond acceptors (Lipinski definition) is 6. The number of ether oxygens (including phenoxy) is 1. The zero-order valence-electron chi connectivity index (χ0n) is 12.1. The maximum atomic E-state index is 10.7. The fraction of sp³-hybridized carbons (Fsp3) is 0.308. The molecule has 2 heterocycles. The Morgan fingerprint density at radius 3 is 2.65 bits per heavy atom. The summed E-state index contributed by atoms with van der Waals surface area (Å²) in [7, 11) is 0. The SMILES string of the molecule is CCC(O)C1OC(=O)C([OH2+])=C1O.O=C(O)C=Cc1c[nH]cn1.[Mn]. The number of aromatic nitrogens is 2. The van der Waals surface area contributed by atoms with E-state index in [9.17, 15) is 14.7 Å². The minimum Gasteiger partial charge on any atom is -0.586 e. The Morgan fingerprint density at radius 1 is 1.61 bits per heavy atom. The van der Waals surface area contributed by atoms with Crippen molar-refractivity contribution < 1.29 is 51.8 Å². The Morgan fingerprint density at radius 2 is 2.26 bits per heavy atom. The Labute approximate surface area is 141 Å². The van der Waals surface area contributed by atoms with Crippen molar-refractivity contribution in [3.8, 4) is 0 Å². The first-order valence-electron chi connectivity index (χ1n) is 6.30. The van der Waals surface area contributed by atoms with Crippen LogP contribution in [0.4, 0.5) is 0 Å². The second-order valence-electron chi connectivity index (χ2n) is 4.23. The van der Waals surface area contributed by atoms with Gasteiger partial charge >= 0.3 is 17.7 Å². The number of carbonyl (C=O) groups excluding carboxylic acids is 1. The van der Waals surface area contributed by atoms with Gasteiger partial charge in [0.05, 0.1) is 18.1 Å². The van der Waals surface area contributed by atoms with Gasteiger partial charge in [-0.05, 0) is 12.5 Å². The number of nitrogens with zero attached hydrogens (tertiary/aromatic N) is 1. The summed E-state index contributed by atoms with van der Waals surface area (Å²) in [6.07, 6.45) is 3.93. The van der Waals surface area contributed by atoms with Crippen molar-refractivity contribution in [2.24, 2.45) is 0 Å². The summed E-state index contributed by atoms with van der Waals surface area (Å²) in [5, 5.41) is 33.5. The molecule has 0 fully saturated rings. The molecule has 1 aromatic heterocycles. The number of aliphatic carboxylic acids is 1. The summed E-state index contributed by atoms with van der Waals surface area (Å²) < 4.78 is 4.54. The number of imidazole rings is 1. The summed E-state index contributed by atoms with van der Waals surface area (Å²) >= 11 is 0. The summed E-state index contributed by atoms with van der Waals surface area (Å²) in [6, 6.07) is 0. The average molecular weight is 368 g/mol. The molecule has 0 bridgehead atoms. The van der Waals surface area contributed by atoms with Gasteiger partial charge in [0.25, 0.3) is 0 Å². The fourth-order valence-corrected chi connectivity index (χ4v) is 1.47. The zero-order valence-corrected chi connectivity index (χ0v) is 13.2. The molecule has 1 aliphatic heterocycles. The predicted octanol–water partition coefficient (Wildman–Crippen LogP) is -0.318. The van der Waals surface area contributed by atoms with Gasteiger partial charge in [-0.3, -0.25) is 0 Å². The minimum absolute atomic E-state index is 0. The number of carbonyl (C=O) groups is 2. The Hall–Kier alpha value is -2.29. The van der Waals surface area contributed by atoms with Crippen LogP contribution in [0.25, 0.3) is 6.08 Å². The first kappa shape index (κ1) is 20.7. The molecule has 0 saturated carbocycles. The van der Waals surface area contributed by atoms with Gasteiger partial charge in [0, 0.05) is 29.3 Å². The van der Waals surface area contributed by atoms with Crippen LogP contribution in [0.5, 0.6) is 0 Å². The molecule has 23 heavy (non-hydrogen) atoms. The number of rotatable bonds is 4. The van der Waals surface area contributed by atoms with Gasteiger partial charge in [-0.25, -0.2) is 14.6 Å². The normalized spacial score (nSPS) is 18.0. The first-order chi connectivity index (χ1) is 10.4. The summed E-state index contributed by atoms with van der Waals surface area (Å²) in [4.78, 5) is 27.1. The van der Waals surface area contributed by atoms with Gasteiger partial charge < -0.3 is 30.1 Å². The molecule has 0 saturated heterocycles. The third kappa shape index (κ3) is 6.15. The van der Waals surface area contributed by atoms with E-state index in [1.165, 1.54) is 12.4 Å². The Kier molecular flexibility index (Phi) is 8.71. The quantitative estimate of drug-likeness (QED) is 0.246. The van der Waals surface area contributed by atoms with Crippen LogP contribution < -0.4 is 0 Å². The molecule has 2 atom stereocenters. The third-order valence-corrected chi connectivity index (χ3v) is 2.65. The van der Waals surface area contributed by atoms with Gasteiger partial charge in [-0.2, -0.15) is 0 Å². The van der Waals surface area contributed by atoms with Crippen LogP contribution in [0.15, 0.2) is 30.1 Å². The maximum absolute atomic E-state index is 10.7. The fourth-order valence-electron chi connectivity index (χ4n) is 1.47. The number of aliphatic hydroxyl groups is 2. The number of carboxylic acids is 1. The molecule has 1 aliphatic rings. The van der Waals surface area contributed by atoms with Crippen molar-refractivity contribution in [2.75, 3.05) is 0 Å². The van der Waals surface area contributed by atoms with E-state index in [0.717, 1.165) is 6.08 Å². The van der Waals surface area contributed by atoms with E-state index in [1.54, 1.807) is 13.1 Å². The van der Waals surface area contributed by atoms with Gasteiger partial charge in [-0.1, -0.05) is 6.92 Å². The summed E-state index contributed by atoms with van der Waals surface area (Å²) in [6.45, 7) is 1.69. The molecule has 2 rings (SSSR count). The number of hydrogen-bond donors (Lipinski definition) is 4. The van der Waals surface area contributed by atoms with Gasteiger partial charge in [0.1, 0.15) is 0 Å². The standard InChI is InChI=1S/C7H10O5.C6H6N2O2.Mn/c1-2-3(8)6-4(9)5(10)7(11)12-6;9-6(10)2-1-5-3-7-4-8-5;/h3,6,8-10H,2H2,1H3;1-4H,(H,7,8)(H,9,10);/p+1. The van der Waals surface area contributed by atoms with Crippen molar-refractivity contribution in [3.63, 3.8) is 0 Å². The number of nitrogens with one attached hydrogen (secondary N) is 1. The van der Waals surface area contributed by atoms with Crippen molar-refractivity contribution in [3.05, 3.63) is 35.8 Å². The monoisotopic (exact) mass is 368 g/mol. The molecule has 9 nitrogen and oxygen atoms in total. The van der Waals surface area contributed by atoms with Crippen molar-refractivity contribution in [2.45, 2.75) is 25.6 Å². The van der Waals surface area contributed by atoms with E-state index < -0.39 is 35.7 Å². The summed E-state index contributed by atoms with van der Waals surface area (Å²) in [5.41, 5.74) is 0.613. The molecule has 0 amide bonds.